The van der Waals surface area contributed by atoms with Crippen molar-refractivity contribution in [3.63, 3.8) is 0 Å². The van der Waals surface area contributed by atoms with Gasteiger partial charge in [0, 0.05) is 24.2 Å². The second kappa shape index (κ2) is 5.12. The molecule has 0 aromatic heterocycles. The Hall–Kier alpha value is -2.35. The third kappa shape index (κ3) is 2.61. The Labute approximate surface area is 99.2 Å². The van der Waals surface area contributed by atoms with Gasteiger partial charge in [0.1, 0.15) is 0 Å². The van der Waals surface area contributed by atoms with Crippen molar-refractivity contribution in [3.05, 3.63) is 39.4 Å². The molecule has 5 nitrogen and oxygen atoms in total. The van der Waals surface area contributed by atoms with Gasteiger partial charge in [-0.1, -0.05) is 12.0 Å². The molecule has 1 aromatic carbocycles. The van der Waals surface area contributed by atoms with E-state index in [4.69, 9.17) is 6.42 Å². The second-order valence-electron chi connectivity index (χ2n) is 3.57. The molecule has 0 saturated heterocycles. The van der Waals surface area contributed by atoms with E-state index in [1.54, 1.807) is 20.0 Å². The number of benzene rings is 1. The van der Waals surface area contributed by atoms with Crippen LogP contribution in [0, 0.1) is 29.4 Å². The number of terminal acetylenes is 1. The van der Waals surface area contributed by atoms with Gasteiger partial charge in [-0.2, -0.15) is 0 Å². The minimum absolute atomic E-state index is 0.0649. The zero-order chi connectivity index (χ0) is 13.0. The molecule has 17 heavy (non-hydrogen) atoms. The molecule has 0 atom stereocenters. The van der Waals surface area contributed by atoms with E-state index in [0.29, 0.717) is 11.1 Å². The molecular formula is C12H12N2O3. The Morgan fingerprint density at radius 2 is 2.24 bits per heavy atom. The Balaban J connectivity index is 3.16. The largest absolute Gasteiger partial charge is 0.331 e. The fourth-order valence-corrected chi connectivity index (χ4v) is 1.47. The van der Waals surface area contributed by atoms with Crippen molar-refractivity contribution < 1.29 is 9.72 Å². The van der Waals surface area contributed by atoms with E-state index in [1.807, 2.05) is 0 Å². The summed E-state index contributed by atoms with van der Waals surface area (Å²) in [6, 6.07) is 4.41. The van der Waals surface area contributed by atoms with Crippen LogP contribution >= 0.6 is 0 Å². The van der Waals surface area contributed by atoms with Crippen LogP contribution in [-0.2, 0) is 0 Å². The molecule has 0 aliphatic heterocycles. The van der Waals surface area contributed by atoms with Crippen LogP contribution in [0.1, 0.15) is 15.9 Å². The van der Waals surface area contributed by atoms with Gasteiger partial charge in [0.2, 0.25) is 0 Å². The molecule has 88 valence electrons. The summed E-state index contributed by atoms with van der Waals surface area (Å²) in [7, 11) is 1.56. The Morgan fingerprint density at radius 1 is 1.59 bits per heavy atom. The minimum atomic E-state index is -0.507. The third-order valence-electron chi connectivity index (χ3n) is 2.41. The predicted octanol–water partition coefficient (Wildman–Crippen LogP) is 1.61. The zero-order valence-electron chi connectivity index (χ0n) is 9.64. The molecule has 0 unspecified atom stereocenters. The SMILES string of the molecule is C#CCN(C)C(=O)c1cccc([N+](=O)[O-])c1C. The first-order valence-corrected chi connectivity index (χ1v) is 4.92. The second-order valence-corrected chi connectivity index (χ2v) is 3.57. The molecule has 0 aliphatic rings. The molecule has 0 N–H and O–H groups in total. The van der Waals surface area contributed by atoms with Crippen molar-refractivity contribution in [2.75, 3.05) is 13.6 Å². The highest BCUT2D eigenvalue weighted by atomic mass is 16.6. The van der Waals surface area contributed by atoms with Crippen molar-refractivity contribution in [3.8, 4) is 12.3 Å². The molecule has 0 radical (unpaired) electrons. The van der Waals surface area contributed by atoms with Crippen LogP contribution in [0.2, 0.25) is 0 Å². The number of carbonyl (C=O) groups excluding carboxylic acids is 1. The maximum absolute atomic E-state index is 11.9. The van der Waals surface area contributed by atoms with Gasteiger partial charge in [-0.15, -0.1) is 6.42 Å². The van der Waals surface area contributed by atoms with Crippen LogP contribution in [0.25, 0.3) is 0 Å². The standard InChI is InChI=1S/C12H12N2O3/c1-4-8-13(3)12(15)10-6-5-7-11(9(10)2)14(16)17/h1,5-7H,8H2,2-3H3. The van der Waals surface area contributed by atoms with Gasteiger partial charge in [0.05, 0.1) is 11.5 Å². The first-order chi connectivity index (χ1) is 7.99. The van der Waals surface area contributed by atoms with E-state index in [0.717, 1.165) is 0 Å². The average Bonchev–Trinajstić information content (AvgIpc) is 2.28. The van der Waals surface area contributed by atoms with Gasteiger partial charge in [0.25, 0.3) is 11.6 Å². The molecule has 0 heterocycles. The van der Waals surface area contributed by atoms with Gasteiger partial charge in [0.15, 0.2) is 0 Å². The maximum Gasteiger partial charge on any atom is 0.273 e. The zero-order valence-corrected chi connectivity index (χ0v) is 9.64. The summed E-state index contributed by atoms with van der Waals surface area (Å²) in [5.74, 6) is 2.03. The molecular weight excluding hydrogens is 220 g/mol. The summed E-state index contributed by atoms with van der Waals surface area (Å²) in [6.45, 7) is 1.72. The minimum Gasteiger partial charge on any atom is -0.331 e. The monoisotopic (exact) mass is 232 g/mol. The van der Waals surface area contributed by atoms with E-state index < -0.39 is 4.92 Å². The summed E-state index contributed by atoms with van der Waals surface area (Å²) in [6.07, 6.45) is 5.11. The molecule has 1 rings (SSSR count). The number of nitrogens with zero attached hydrogens (tertiary/aromatic N) is 2. The highest BCUT2D eigenvalue weighted by Crippen LogP contribution is 2.21. The first kappa shape index (κ1) is 12.7. The Bertz CT molecular complexity index is 503. The highest BCUT2D eigenvalue weighted by molar-refractivity contribution is 5.96. The summed E-state index contributed by atoms with van der Waals surface area (Å²) in [5.41, 5.74) is 0.591. The average molecular weight is 232 g/mol. The summed E-state index contributed by atoms with van der Waals surface area (Å²) >= 11 is 0. The van der Waals surface area contributed by atoms with Crippen molar-refractivity contribution >= 4 is 11.6 Å². The summed E-state index contributed by atoms with van der Waals surface area (Å²) in [4.78, 5) is 23.5. The quantitative estimate of drug-likeness (QED) is 0.452. The van der Waals surface area contributed by atoms with E-state index in [1.165, 1.54) is 17.0 Å². The predicted molar refractivity (Wildman–Crippen MR) is 63.6 cm³/mol. The van der Waals surface area contributed by atoms with E-state index in [2.05, 4.69) is 5.92 Å². The third-order valence-corrected chi connectivity index (χ3v) is 2.41. The smallest absolute Gasteiger partial charge is 0.273 e. The lowest BCUT2D eigenvalue weighted by molar-refractivity contribution is -0.385. The van der Waals surface area contributed by atoms with Crippen LogP contribution in [0.5, 0.6) is 0 Å². The Kier molecular flexibility index (Phi) is 3.83. The number of hydrogen-bond donors (Lipinski definition) is 0. The van der Waals surface area contributed by atoms with Gasteiger partial charge in [-0.05, 0) is 13.0 Å². The molecule has 0 saturated carbocycles. The van der Waals surface area contributed by atoms with Crippen LogP contribution in [0.4, 0.5) is 5.69 Å². The number of amides is 1. The topological polar surface area (TPSA) is 63.5 Å². The fraction of sp³-hybridized carbons (Fsp3) is 0.250. The van der Waals surface area contributed by atoms with Crippen LogP contribution in [0.15, 0.2) is 18.2 Å². The molecule has 0 bridgehead atoms. The van der Waals surface area contributed by atoms with Crippen LogP contribution in [0.3, 0.4) is 0 Å². The number of rotatable bonds is 3. The summed E-state index contributed by atoms with van der Waals surface area (Å²) < 4.78 is 0. The Morgan fingerprint density at radius 3 is 2.76 bits per heavy atom. The lowest BCUT2D eigenvalue weighted by Gasteiger charge is -2.15. The molecule has 0 aliphatic carbocycles. The van der Waals surface area contributed by atoms with E-state index >= 15 is 0 Å². The number of hydrogen-bond acceptors (Lipinski definition) is 3. The number of carbonyl (C=O) groups is 1. The highest BCUT2D eigenvalue weighted by Gasteiger charge is 2.19. The lowest BCUT2D eigenvalue weighted by atomic mass is 10.1. The first-order valence-electron chi connectivity index (χ1n) is 4.92. The maximum atomic E-state index is 11.9. The van der Waals surface area contributed by atoms with Gasteiger partial charge >= 0.3 is 0 Å². The van der Waals surface area contributed by atoms with Crippen LogP contribution in [-0.4, -0.2) is 29.3 Å². The number of nitro groups is 1. The van der Waals surface area contributed by atoms with E-state index in [9.17, 15) is 14.9 Å². The fourth-order valence-electron chi connectivity index (χ4n) is 1.47. The molecule has 5 heteroatoms. The van der Waals surface area contributed by atoms with Gasteiger partial charge < -0.3 is 4.90 Å². The van der Waals surface area contributed by atoms with Crippen LogP contribution < -0.4 is 0 Å². The van der Waals surface area contributed by atoms with Crippen molar-refractivity contribution in [2.45, 2.75) is 6.92 Å². The molecule has 1 aromatic rings. The molecule has 0 fully saturated rings. The van der Waals surface area contributed by atoms with E-state index in [-0.39, 0.29) is 18.1 Å². The lowest BCUT2D eigenvalue weighted by Crippen LogP contribution is -2.27. The molecule has 0 spiro atoms. The van der Waals surface area contributed by atoms with Gasteiger partial charge in [-0.25, -0.2) is 0 Å². The molecule has 1 amide bonds. The van der Waals surface area contributed by atoms with Crippen molar-refractivity contribution in [1.29, 1.82) is 0 Å². The normalized spacial score (nSPS) is 9.47. The van der Waals surface area contributed by atoms with Crippen molar-refractivity contribution in [2.24, 2.45) is 0 Å². The number of nitro benzene ring substituents is 1. The summed E-state index contributed by atoms with van der Waals surface area (Å²) in [5, 5.41) is 10.7. The van der Waals surface area contributed by atoms with Crippen molar-refractivity contribution in [1.82, 2.24) is 4.90 Å². The van der Waals surface area contributed by atoms with Gasteiger partial charge in [-0.3, -0.25) is 14.9 Å².